The Hall–Kier alpha value is -1.10. The van der Waals surface area contributed by atoms with E-state index in [0.29, 0.717) is 12.6 Å². The first-order chi connectivity index (χ1) is 5.83. The Kier molecular flexibility index (Phi) is 1.73. The maximum Gasteiger partial charge on any atom is 0.147 e. The molecule has 1 aromatic rings. The summed E-state index contributed by atoms with van der Waals surface area (Å²) in [4.78, 5) is 2.24. The van der Waals surface area contributed by atoms with Gasteiger partial charge in [0, 0.05) is 26.2 Å². The fraction of sp³-hybridized carbons (Fsp3) is 0.714. The van der Waals surface area contributed by atoms with Crippen molar-refractivity contribution in [2.45, 2.75) is 12.5 Å². The molecule has 1 aliphatic heterocycles. The fourth-order valence-electron chi connectivity index (χ4n) is 1.53. The average molecular weight is 167 g/mol. The van der Waals surface area contributed by atoms with Crippen molar-refractivity contribution >= 4 is 5.82 Å². The predicted octanol–water partition coefficient (Wildman–Crippen LogP) is -0.647. The highest BCUT2D eigenvalue weighted by atomic mass is 15.5. The lowest BCUT2D eigenvalue weighted by molar-refractivity contribution is 0.443. The summed E-state index contributed by atoms with van der Waals surface area (Å²) in [5, 5.41) is 7.70. The average Bonchev–Trinajstić information content (AvgIpc) is 2.36. The molecule has 1 atom stereocenters. The van der Waals surface area contributed by atoms with Gasteiger partial charge >= 0.3 is 0 Å². The molecule has 0 saturated carbocycles. The third-order valence-corrected chi connectivity index (χ3v) is 2.40. The number of nitrogens with zero attached hydrogens (tertiary/aromatic N) is 4. The summed E-state index contributed by atoms with van der Waals surface area (Å²) >= 11 is 0. The first-order valence-corrected chi connectivity index (χ1v) is 4.14. The maximum atomic E-state index is 5.59. The largest absolute Gasteiger partial charge is 0.351 e. The Morgan fingerprint density at radius 3 is 3.00 bits per heavy atom. The van der Waals surface area contributed by atoms with E-state index in [2.05, 4.69) is 15.2 Å². The first-order valence-electron chi connectivity index (χ1n) is 4.14. The molecule has 0 radical (unpaired) electrons. The van der Waals surface area contributed by atoms with Crippen LogP contribution in [0.5, 0.6) is 0 Å². The monoisotopic (exact) mass is 167 g/mol. The van der Waals surface area contributed by atoms with Gasteiger partial charge in [-0.15, -0.1) is 5.10 Å². The number of nitrogens with two attached hydrogens (primary N) is 1. The summed E-state index contributed by atoms with van der Waals surface area (Å²) in [6, 6.07) is 0.488. The summed E-state index contributed by atoms with van der Waals surface area (Å²) < 4.78 is 1.78. The Morgan fingerprint density at radius 1 is 1.75 bits per heavy atom. The lowest BCUT2D eigenvalue weighted by Gasteiger charge is -2.41. The van der Waals surface area contributed by atoms with Crippen molar-refractivity contribution in [3.63, 3.8) is 0 Å². The first kappa shape index (κ1) is 7.54. The molecule has 1 unspecified atom stereocenters. The molecule has 5 heteroatoms. The molecule has 1 saturated heterocycles. The van der Waals surface area contributed by atoms with Crippen molar-refractivity contribution in [2.75, 3.05) is 18.0 Å². The Labute approximate surface area is 71.1 Å². The number of aryl methyl sites for hydroxylation is 1. The van der Waals surface area contributed by atoms with Crippen molar-refractivity contribution in [1.82, 2.24) is 15.0 Å². The fourth-order valence-corrected chi connectivity index (χ4v) is 1.53. The second-order valence-electron chi connectivity index (χ2n) is 3.09. The topological polar surface area (TPSA) is 60.0 Å². The molecule has 2 rings (SSSR count). The van der Waals surface area contributed by atoms with E-state index in [-0.39, 0.29) is 0 Å². The second kappa shape index (κ2) is 2.75. The molecule has 1 fully saturated rings. The zero-order valence-electron chi connectivity index (χ0n) is 7.14. The van der Waals surface area contributed by atoms with Crippen LogP contribution < -0.4 is 10.6 Å². The van der Waals surface area contributed by atoms with Crippen molar-refractivity contribution in [3.8, 4) is 0 Å². The molecule has 0 aromatic carbocycles. The van der Waals surface area contributed by atoms with E-state index in [1.807, 2.05) is 7.05 Å². The molecule has 2 heterocycles. The molecular weight excluding hydrogens is 154 g/mol. The van der Waals surface area contributed by atoms with Crippen LogP contribution in [0.25, 0.3) is 0 Å². The molecule has 0 bridgehead atoms. The smallest absolute Gasteiger partial charge is 0.147 e. The summed E-state index contributed by atoms with van der Waals surface area (Å²) in [6.45, 7) is 1.79. The summed E-state index contributed by atoms with van der Waals surface area (Å²) in [6.07, 6.45) is 2.96. The number of anilines is 1. The van der Waals surface area contributed by atoms with Crippen LogP contribution in [0.15, 0.2) is 6.20 Å². The highest BCUT2D eigenvalue weighted by Crippen LogP contribution is 2.23. The van der Waals surface area contributed by atoms with Crippen molar-refractivity contribution < 1.29 is 0 Å². The highest BCUT2D eigenvalue weighted by molar-refractivity contribution is 5.40. The van der Waals surface area contributed by atoms with Gasteiger partial charge in [-0.3, -0.25) is 0 Å². The van der Waals surface area contributed by atoms with Gasteiger partial charge in [0.2, 0.25) is 0 Å². The predicted molar refractivity (Wildman–Crippen MR) is 45.8 cm³/mol. The lowest BCUT2D eigenvalue weighted by Crippen LogP contribution is -2.52. The van der Waals surface area contributed by atoms with E-state index in [1.165, 1.54) is 6.42 Å². The van der Waals surface area contributed by atoms with Gasteiger partial charge in [-0.05, 0) is 6.42 Å². The van der Waals surface area contributed by atoms with E-state index in [9.17, 15) is 0 Å². The van der Waals surface area contributed by atoms with E-state index in [1.54, 1.807) is 10.9 Å². The van der Waals surface area contributed by atoms with Crippen LogP contribution in [0.1, 0.15) is 6.42 Å². The highest BCUT2D eigenvalue weighted by Gasteiger charge is 2.28. The van der Waals surface area contributed by atoms with Crippen molar-refractivity contribution in [2.24, 2.45) is 12.8 Å². The lowest BCUT2D eigenvalue weighted by atomic mass is 10.0. The number of rotatable bonds is 2. The Balaban J connectivity index is 2.15. The van der Waals surface area contributed by atoms with Crippen LogP contribution in [-0.4, -0.2) is 34.1 Å². The normalized spacial score (nSPS) is 22.5. The summed E-state index contributed by atoms with van der Waals surface area (Å²) in [5.41, 5.74) is 5.59. The molecule has 0 amide bonds. The van der Waals surface area contributed by atoms with Crippen molar-refractivity contribution in [1.29, 1.82) is 0 Å². The zero-order valence-corrected chi connectivity index (χ0v) is 7.14. The van der Waals surface area contributed by atoms with Crippen LogP contribution in [0, 0.1) is 0 Å². The van der Waals surface area contributed by atoms with Gasteiger partial charge in [0.05, 0.1) is 6.20 Å². The van der Waals surface area contributed by atoms with E-state index in [0.717, 1.165) is 12.4 Å². The maximum absolute atomic E-state index is 5.59. The minimum atomic E-state index is 0.488. The third kappa shape index (κ3) is 0.972. The van der Waals surface area contributed by atoms with Gasteiger partial charge in [0.25, 0.3) is 0 Å². The van der Waals surface area contributed by atoms with Gasteiger partial charge in [-0.2, -0.15) is 0 Å². The molecule has 2 N–H and O–H groups in total. The minimum absolute atomic E-state index is 0.488. The molecule has 1 aliphatic rings. The van der Waals surface area contributed by atoms with Gasteiger partial charge < -0.3 is 10.6 Å². The van der Waals surface area contributed by atoms with Crippen LogP contribution in [0.3, 0.4) is 0 Å². The Bertz CT molecular complexity index is 267. The quantitative estimate of drug-likeness (QED) is 0.636. The molecule has 0 spiro atoms. The van der Waals surface area contributed by atoms with Crippen LogP contribution in [0.2, 0.25) is 0 Å². The van der Waals surface area contributed by atoms with Crippen LogP contribution in [-0.2, 0) is 7.05 Å². The summed E-state index contributed by atoms with van der Waals surface area (Å²) in [5.74, 6) is 1.07. The van der Waals surface area contributed by atoms with Crippen LogP contribution in [0.4, 0.5) is 5.82 Å². The van der Waals surface area contributed by atoms with Gasteiger partial charge in [-0.1, -0.05) is 5.21 Å². The van der Waals surface area contributed by atoms with E-state index >= 15 is 0 Å². The molecular formula is C7H13N5. The molecule has 1 aromatic heterocycles. The number of hydrogen-bond acceptors (Lipinski definition) is 4. The molecule has 66 valence electrons. The SMILES string of the molecule is Cn1nncc1N1CCC1CN. The third-order valence-electron chi connectivity index (χ3n) is 2.40. The van der Waals surface area contributed by atoms with Gasteiger partial charge in [0.1, 0.15) is 5.82 Å². The number of hydrogen-bond donors (Lipinski definition) is 1. The number of aromatic nitrogens is 3. The second-order valence-corrected chi connectivity index (χ2v) is 3.09. The zero-order chi connectivity index (χ0) is 8.55. The minimum Gasteiger partial charge on any atom is -0.351 e. The van der Waals surface area contributed by atoms with Crippen LogP contribution >= 0.6 is 0 Å². The van der Waals surface area contributed by atoms with Gasteiger partial charge in [0.15, 0.2) is 0 Å². The standard InChI is InChI=1S/C7H13N5/c1-11-7(5-9-10-11)12-3-2-6(12)4-8/h5-6H,2-4,8H2,1H3. The molecule has 12 heavy (non-hydrogen) atoms. The molecule has 0 aliphatic carbocycles. The van der Waals surface area contributed by atoms with E-state index < -0.39 is 0 Å². The Morgan fingerprint density at radius 2 is 2.58 bits per heavy atom. The summed E-state index contributed by atoms with van der Waals surface area (Å²) in [7, 11) is 1.90. The van der Waals surface area contributed by atoms with Gasteiger partial charge in [-0.25, -0.2) is 4.68 Å². The molecule has 5 nitrogen and oxygen atoms in total. The van der Waals surface area contributed by atoms with E-state index in [4.69, 9.17) is 5.73 Å². The van der Waals surface area contributed by atoms with Crippen molar-refractivity contribution in [3.05, 3.63) is 6.20 Å².